The molecule has 0 radical (unpaired) electrons. The van der Waals surface area contributed by atoms with Crippen LogP contribution in [0.25, 0.3) is 0 Å². The fourth-order valence-corrected chi connectivity index (χ4v) is 5.89. The highest BCUT2D eigenvalue weighted by Crippen LogP contribution is 2.20. The lowest BCUT2D eigenvalue weighted by atomic mass is 10.2. The largest absolute Gasteiger partial charge is 0.378 e. The molecule has 2 rings (SSSR count). The van der Waals surface area contributed by atoms with Gasteiger partial charge in [-0.05, 0) is 30.7 Å². The maximum absolute atomic E-state index is 12.3. The summed E-state index contributed by atoms with van der Waals surface area (Å²) < 4.78 is 30.0. The van der Waals surface area contributed by atoms with Crippen LogP contribution in [0.3, 0.4) is 0 Å². The van der Waals surface area contributed by atoms with E-state index in [4.69, 9.17) is 4.74 Å². The van der Waals surface area contributed by atoms with Crippen molar-refractivity contribution in [1.29, 1.82) is 0 Å². The van der Waals surface area contributed by atoms with Crippen LogP contribution in [0.5, 0.6) is 0 Å². The van der Waals surface area contributed by atoms with E-state index in [2.05, 4.69) is 11.8 Å². The van der Waals surface area contributed by atoms with E-state index in [-0.39, 0.29) is 9.52 Å². The summed E-state index contributed by atoms with van der Waals surface area (Å²) in [4.78, 5) is 2.69. The maximum Gasteiger partial charge on any atom is 0.178 e. The van der Waals surface area contributed by atoms with Crippen molar-refractivity contribution in [3.63, 3.8) is 0 Å². The molecule has 1 aromatic carbocycles. The van der Waals surface area contributed by atoms with Gasteiger partial charge in [0.25, 0.3) is 0 Å². The zero-order chi connectivity index (χ0) is 15.8. The summed E-state index contributed by atoms with van der Waals surface area (Å²) in [7, 11) is -3.16. The fourth-order valence-electron chi connectivity index (χ4n) is 2.70. The first-order valence-electron chi connectivity index (χ1n) is 8.29. The zero-order valence-electron chi connectivity index (χ0n) is 13.5. The second-order valence-electron chi connectivity index (χ2n) is 5.83. The Balaban J connectivity index is 1.90. The van der Waals surface area contributed by atoms with Gasteiger partial charge >= 0.3 is 0 Å². The van der Waals surface area contributed by atoms with E-state index in [0.29, 0.717) is 10.6 Å². The highest BCUT2D eigenvalue weighted by atomic mass is 32.2. The quantitative estimate of drug-likeness (QED) is 0.537. The van der Waals surface area contributed by atoms with Gasteiger partial charge in [-0.1, -0.05) is 25.4 Å². The monoisotopic (exact) mass is 341 g/mol. The maximum atomic E-state index is 12.3. The van der Waals surface area contributed by atoms with Crippen molar-refractivity contribution < 1.29 is 13.2 Å². The molecular weight excluding hydrogens is 314 g/mol. The Kier molecular flexibility index (Phi) is 6.92. The summed E-state index contributed by atoms with van der Waals surface area (Å²) in [5, 5.41) is 0. The van der Waals surface area contributed by atoms with Crippen molar-refractivity contribution in [3.05, 3.63) is 24.3 Å². The molecule has 0 bridgehead atoms. The minimum absolute atomic E-state index is 0.0404. The molecule has 0 amide bonds. The molecule has 124 valence electrons. The molecule has 0 aromatic heterocycles. The fraction of sp³-hybridized carbons (Fsp3) is 0.625. The molecule has 1 aromatic rings. The molecule has 22 heavy (non-hydrogen) atoms. The third-order valence-electron chi connectivity index (χ3n) is 4.09. The number of benzene rings is 1. The molecular formula is C16H27NO3SSi. The number of hydrogen-bond donors (Lipinski definition) is 0. The molecule has 1 saturated heterocycles. The van der Waals surface area contributed by atoms with Gasteiger partial charge in [-0.15, -0.1) is 0 Å². The number of nitrogens with zero attached hydrogens (tertiary/aromatic N) is 1. The van der Waals surface area contributed by atoms with E-state index in [1.165, 1.54) is 12.5 Å². The van der Waals surface area contributed by atoms with E-state index in [9.17, 15) is 8.42 Å². The summed E-state index contributed by atoms with van der Waals surface area (Å²) in [6.45, 7) is 5.41. The van der Waals surface area contributed by atoms with Crippen molar-refractivity contribution in [2.24, 2.45) is 0 Å². The molecule has 0 N–H and O–H groups in total. The minimum Gasteiger partial charge on any atom is -0.378 e. The van der Waals surface area contributed by atoms with Gasteiger partial charge in [-0.2, -0.15) is 0 Å². The first-order chi connectivity index (χ1) is 10.6. The molecule has 1 aliphatic heterocycles. The number of morpholine rings is 1. The van der Waals surface area contributed by atoms with Gasteiger partial charge in [-0.3, -0.25) is 0 Å². The van der Waals surface area contributed by atoms with Crippen LogP contribution in [0.2, 0.25) is 12.1 Å². The van der Waals surface area contributed by atoms with Crippen LogP contribution in [0.15, 0.2) is 29.2 Å². The van der Waals surface area contributed by atoms with Crippen molar-refractivity contribution in [2.45, 2.75) is 36.7 Å². The highest BCUT2D eigenvalue weighted by Gasteiger charge is 2.16. The first-order valence-corrected chi connectivity index (χ1v) is 11.9. The van der Waals surface area contributed by atoms with E-state index < -0.39 is 9.84 Å². The lowest BCUT2D eigenvalue weighted by Crippen LogP contribution is -2.36. The van der Waals surface area contributed by atoms with Crippen LogP contribution >= 0.6 is 0 Å². The third-order valence-corrected chi connectivity index (χ3v) is 8.11. The predicted molar refractivity (Wildman–Crippen MR) is 94.6 cm³/mol. The molecule has 0 saturated carbocycles. The van der Waals surface area contributed by atoms with Crippen LogP contribution in [-0.2, 0) is 14.6 Å². The molecule has 1 aliphatic rings. The summed E-state index contributed by atoms with van der Waals surface area (Å²) in [6.07, 6.45) is 2.06. The van der Waals surface area contributed by atoms with E-state index in [0.717, 1.165) is 44.5 Å². The Labute approximate surface area is 136 Å². The predicted octanol–water partition coefficient (Wildman–Crippen LogP) is 2.10. The lowest BCUT2D eigenvalue weighted by Gasteiger charge is -2.28. The van der Waals surface area contributed by atoms with Gasteiger partial charge < -0.3 is 9.64 Å². The standard InChI is InChI=1S/C16H27NO3SSi/c1-2-13-22-14-3-12-21(18,19)16-6-4-15(5-7-16)17-8-10-20-11-9-17/h4-7H,2-3,8-14,22H2,1H3. The molecule has 0 atom stereocenters. The van der Waals surface area contributed by atoms with Gasteiger partial charge in [0, 0.05) is 28.3 Å². The van der Waals surface area contributed by atoms with E-state index >= 15 is 0 Å². The summed E-state index contributed by atoms with van der Waals surface area (Å²) in [6, 6.07) is 9.81. The smallest absolute Gasteiger partial charge is 0.178 e. The Hall–Kier alpha value is -0.853. The van der Waals surface area contributed by atoms with Gasteiger partial charge in [0.15, 0.2) is 9.84 Å². The Morgan fingerprint density at radius 3 is 2.45 bits per heavy atom. The molecule has 0 unspecified atom stereocenters. The van der Waals surface area contributed by atoms with Crippen LogP contribution in [0, 0.1) is 0 Å². The van der Waals surface area contributed by atoms with Crippen LogP contribution in [0.1, 0.15) is 19.8 Å². The zero-order valence-corrected chi connectivity index (χ0v) is 15.7. The molecule has 6 heteroatoms. The number of rotatable bonds is 8. The molecule has 0 aliphatic carbocycles. The second-order valence-corrected chi connectivity index (χ2v) is 10.1. The Bertz CT molecular complexity index is 539. The van der Waals surface area contributed by atoms with Crippen LogP contribution < -0.4 is 4.90 Å². The van der Waals surface area contributed by atoms with Crippen LogP contribution in [-0.4, -0.2) is 50.0 Å². The summed E-state index contributed by atoms with van der Waals surface area (Å²) in [5.74, 6) is 0.292. The van der Waals surface area contributed by atoms with Gasteiger partial charge in [0.2, 0.25) is 0 Å². The Morgan fingerprint density at radius 1 is 1.14 bits per heavy atom. The van der Waals surface area contributed by atoms with Crippen molar-refractivity contribution in [1.82, 2.24) is 0 Å². The highest BCUT2D eigenvalue weighted by molar-refractivity contribution is 7.91. The average molecular weight is 342 g/mol. The summed E-state index contributed by atoms with van der Waals surface area (Å²) >= 11 is 0. The number of anilines is 1. The lowest BCUT2D eigenvalue weighted by molar-refractivity contribution is 0.122. The first kappa shape index (κ1) is 17.5. The topological polar surface area (TPSA) is 46.6 Å². The molecule has 4 nitrogen and oxygen atoms in total. The number of sulfone groups is 1. The molecule has 0 spiro atoms. The number of ether oxygens (including phenoxy) is 1. The number of hydrogen-bond acceptors (Lipinski definition) is 4. The SMILES string of the molecule is CCC[SiH2]CCCS(=O)(=O)c1ccc(N2CCOCC2)cc1. The van der Waals surface area contributed by atoms with E-state index in [1.807, 2.05) is 12.1 Å². The average Bonchev–Trinajstić information content (AvgIpc) is 2.55. The van der Waals surface area contributed by atoms with Gasteiger partial charge in [-0.25, -0.2) is 8.42 Å². The second kappa shape index (κ2) is 8.69. The normalized spacial score (nSPS) is 16.5. The van der Waals surface area contributed by atoms with E-state index in [1.54, 1.807) is 12.1 Å². The summed E-state index contributed by atoms with van der Waals surface area (Å²) in [5.41, 5.74) is 1.08. The van der Waals surface area contributed by atoms with Crippen molar-refractivity contribution in [3.8, 4) is 0 Å². The van der Waals surface area contributed by atoms with Crippen molar-refractivity contribution in [2.75, 3.05) is 37.0 Å². The molecule has 1 fully saturated rings. The minimum atomic E-state index is -3.12. The van der Waals surface area contributed by atoms with Crippen LogP contribution in [0.4, 0.5) is 5.69 Å². The molecule has 1 heterocycles. The van der Waals surface area contributed by atoms with Gasteiger partial charge in [0.1, 0.15) is 0 Å². The third kappa shape index (κ3) is 5.10. The van der Waals surface area contributed by atoms with Gasteiger partial charge in [0.05, 0.1) is 23.9 Å². The Morgan fingerprint density at radius 2 is 1.82 bits per heavy atom. The van der Waals surface area contributed by atoms with Crippen molar-refractivity contribution >= 4 is 25.0 Å².